The lowest BCUT2D eigenvalue weighted by Gasteiger charge is -2.35. The predicted octanol–water partition coefficient (Wildman–Crippen LogP) is 2.90. The fraction of sp³-hybridized carbons (Fsp3) is 0.625. The summed E-state index contributed by atoms with van der Waals surface area (Å²) >= 11 is 0. The molecule has 102 valence electrons. The van der Waals surface area contributed by atoms with Crippen LogP contribution in [0.4, 0.5) is 0 Å². The number of hydrogen-bond acceptors (Lipinski definition) is 2. The summed E-state index contributed by atoms with van der Waals surface area (Å²) in [6, 6.07) is 10.9. The Morgan fingerprint density at radius 1 is 1.06 bits per heavy atom. The van der Waals surface area contributed by atoms with Crippen molar-refractivity contribution in [3.8, 4) is 0 Å². The van der Waals surface area contributed by atoms with E-state index in [0.29, 0.717) is 0 Å². The normalized spacial score (nSPS) is 14.7. The lowest BCUT2D eigenvalue weighted by molar-refractivity contribution is 0.229. The highest BCUT2D eigenvalue weighted by molar-refractivity contribution is 5.25. The minimum atomic E-state index is 0.184. The molecule has 1 unspecified atom stereocenters. The van der Waals surface area contributed by atoms with Gasteiger partial charge in [-0.05, 0) is 25.2 Å². The van der Waals surface area contributed by atoms with Crippen molar-refractivity contribution in [2.45, 2.75) is 33.1 Å². The van der Waals surface area contributed by atoms with Crippen LogP contribution in [0.5, 0.6) is 0 Å². The summed E-state index contributed by atoms with van der Waals surface area (Å²) < 4.78 is 0. The maximum absolute atomic E-state index is 3.51. The van der Waals surface area contributed by atoms with Gasteiger partial charge in [-0.25, -0.2) is 0 Å². The van der Waals surface area contributed by atoms with Crippen LogP contribution in [0.25, 0.3) is 0 Å². The second-order valence-corrected chi connectivity index (χ2v) is 5.17. The molecule has 1 rings (SSSR count). The Hall–Kier alpha value is -0.860. The second kappa shape index (κ2) is 7.55. The van der Waals surface area contributed by atoms with Crippen molar-refractivity contribution >= 4 is 0 Å². The molecule has 2 heteroatoms. The average Bonchev–Trinajstić information content (AvgIpc) is 2.43. The van der Waals surface area contributed by atoms with Gasteiger partial charge >= 0.3 is 0 Å². The molecule has 18 heavy (non-hydrogen) atoms. The van der Waals surface area contributed by atoms with Gasteiger partial charge in [-0.15, -0.1) is 0 Å². The molecule has 0 aliphatic rings. The first-order valence-corrected chi connectivity index (χ1v) is 7.14. The van der Waals surface area contributed by atoms with Crippen LogP contribution in [-0.4, -0.2) is 37.6 Å². The van der Waals surface area contributed by atoms with Crippen LogP contribution in [0.3, 0.4) is 0 Å². The van der Waals surface area contributed by atoms with Gasteiger partial charge in [0.2, 0.25) is 0 Å². The van der Waals surface area contributed by atoms with E-state index >= 15 is 0 Å². The monoisotopic (exact) mass is 248 g/mol. The first-order valence-electron chi connectivity index (χ1n) is 7.14. The molecule has 1 atom stereocenters. The Morgan fingerprint density at radius 3 is 2.17 bits per heavy atom. The van der Waals surface area contributed by atoms with Crippen LogP contribution in [0.1, 0.15) is 33.3 Å². The second-order valence-electron chi connectivity index (χ2n) is 5.17. The van der Waals surface area contributed by atoms with Gasteiger partial charge in [0.25, 0.3) is 0 Å². The number of hydrogen-bond donors (Lipinski definition) is 1. The maximum atomic E-state index is 3.51. The molecular formula is C16H28N2. The van der Waals surface area contributed by atoms with Crippen molar-refractivity contribution in [2.24, 2.45) is 0 Å². The van der Waals surface area contributed by atoms with Crippen molar-refractivity contribution < 1.29 is 0 Å². The summed E-state index contributed by atoms with van der Waals surface area (Å²) in [5, 5.41) is 3.51. The van der Waals surface area contributed by atoms with Crippen LogP contribution >= 0.6 is 0 Å². The number of nitrogens with one attached hydrogen (secondary N) is 1. The van der Waals surface area contributed by atoms with Crippen molar-refractivity contribution in [2.75, 3.05) is 32.7 Å². The third-order valence-corrected chi connectivity index (χ3v) is 3.70. The van der Waals surface area contributed by atoms with E-state index in [-0.39, 0.29) is 5.41 Å². The smallest absolute Gasteiger partial charge is 0.0177 e. The first-order chi connectivity index (χ1) is 8.66. The van der Waals surface area contributed by atoms with Crippen LogP contribution in [-0.2, 0) is 5.41 Å². The van der Waals surface area contributed by atoms with E-state index < -0.39 is 0 Å². The van der Waals surface area contributed by atoms with E-state index in [9.17, 15) is 0 Å². The third kappa shape index (κ3) is 4.11. The predicted molar refractivity (Wildman–Crippen MR) is 80.1 cm³/mol. The topological polar surface area (TPSA) is 15.3 Å². The highest BCUT2D eigenvalue weighted by Gasteiger charge is 2.27. The van der Waals surface area contributed by atoms with E-state index in [0.717, 1.165) is 32.7 Å². The summed E-state index contributed by atoms with van der Waals surface area (Å²) in [7, 11) is 0. The molecule has 1 aromatic carbocycles. The van der Waals surface area contributed by atoms with E-state index in [4.69, 9.17) is 0 Å². The Labute approximate surface area is 112 Å². The van der Waals surface area contributed by atoms with Gasteiger partial charge in [0.05, 0.1) is 0 Å². The molecule has 0 aliphatic heterocycles. The quantitative estimate of drug-likeness (QED) is 0.761. The van der Waals surface area contributed by atoms with Crippen molar-refractivity contribution in [3.05, 3.63) is 35.9 Å². The molecule has 0 radical (unpaired) electrons. The fourth-order valence-corrected chi connectivity index (χ4v) is 2.43. The molecular weight excluding hydrogens is 220 g/mol. The van der Waals surface area contributed by atoms with E-state index in [1.165, 1.54) is 5.56 Å². The zero-order valence-corrected chi connectivity index (χ0v) is 12.4. The van der Waals surface area contributed by atoms with Crippen LogP contribution in [0.2, 0.25) is 0 Å². The molecule has 0 saturated heterocycles. The van der Waals surface area contributed by atoms with Crippen molar-refractivity contribution in [1.82, 2.24) is 10.2 Å². The van der Waals surface area contributed by atoms with E-state index in [1.54, 1.807) is 0 Å². The third-order valence-electron chi connectivity index (χ3n) is 3.70. The Morgan fingerprint density at radius 2 is 1.67 bits per heavy atom. The zero-order chi connectivity index (χ0) is 13.4. The largest absolute Gasteiger partial charge is 0.316 e. The molecule has 0 bridgehead atoms. The summed E-state index contributed by atoms with van der Waals surface area (Å²) in [6.45, 7) is 14.4. The minimum Gasteiger partial charge on any atom is -0.316 e. The minimum absolute atomic E-state index is 0.184. The number of rotatable bonds is 8. The van der Waals surface area contributed by atoms with Gasteiger partial charge in [0.15, 0.2) is 0 Å². The molecule has 0 fully saturated rings. The number of benzene rings is 1. The van der Waals surface area contributed by atoms with Gasteiger partial charge in [-0.3, -0.25) is 0 Å². The molecule has 0 amide bonds. The van der Waals surface area contributed by atoms with Gasteiger partial charge < -0.3 is 10.2 Å². The SMILES string of the molecule is CCNCC(C)(CN(CC)CC)c1ccccc1. The van der Waals surface area contributed by atoms with E-state index in [2.05, 4.69) is 68.2 Å². The fourth-order valence-electron chi connectivity index (χ4n) is 2.43. The standard InChI is InChI=1S/C16H28N2/c1-5-17-13-16(4,14-18(6-2)7-3)15-11-9-8-10-12-15/h8-12,17H,5-7,13-14H2,1-4H3. The molecule has 1 N–H and O–H groups in total. The summed E-state index contributed by atoms with van der Waals surface area (Å²) in [6.07, 6.45) is 0. The van der Waals surface area contributed by atoms with Crippen LogP contribution in [0, 0.1) is 0 Å². The first kappa shape index (κ1) is 15.2. The van der Waals surface area contributed by atoms with Gasteiger partial charge in [-0.1, -0.05) is 58.0 Å². The van der Waals surface area contributed by atoms with Crippen LogP contribution in [0.15, 0.2) is 30.3 Å². The lowest BCUT2D eigenvalue weighted by atomic mass is 9.81. The van der Waals surface area contributed by atoms with Crippen molar-refractivity contribution in [3.63, 3.8) is 0 Å². The molecule has 1 aromatic rings. The summed E-state index contributed by atoms with van der Waals surface area (Å²) in [5.74, 6) is 0. The Balaban J connectivity index is 2.87. The molecule has 0 saturated carbocycles. The maximum Gasteiger partial charge on any atom is 0.0177 e. The molecule has 0 aliphatic carbocycles. The Bertz CT molecular complexity index is 319. The van der Waals surface area contributed by atoms with Gasteiger partial charge in [-0.2, -0.15) is 0 Å². The summed E-state index contributed by atoms with van der Waals surface area (Å²) in [4.78, 5) is 2.50. The molecule has 0 spiro atoms. The lowest BCUT2D eigenvalue weighted by Crippen LogP contribution is -2.45. The highest BCUT2D eigenvalue weighted by Crippen LogP contribution is 2.24. The number of nitrogens with zero attached hydrogens (tertiary/aromatic N) is 1. The highest BCUT2D eigenvalue weighted by atomic mass is 15.1. The van der Waals surface area contributed by atoms with Crippen LogP contribution < -0.4 is 5.32 Å². The van der Waals surface area contributed by atoms with Gasteiger partial charge in [0, 0.05) is 18.5 Å². The van der Waals surface area contributed by atoms with Crippen molar-refractivity contribution in [1.29, 1.82) is 0 Å². The zero-order valence-electron chi connectivity index (χ0n) is 12.4. The molecule has 0 aromatic heterocycles. The molecule has 0 heterocycles. The van der Waals surface area contributed by atoms with E-state index in [1.807, 2.05) is 0 Å². The average molecular weight is 248 g/mol. The van der Waals surface area contributed by atoms with Gasteiger partial charge in [0.1, 0.15) is 0 Å². The number of likely N-dealkylation sites (N-methyl/N-ethyl adjacent to an activating group) is 2. The molecule has 2 nitrogen and oxygen atoms in total. The summed E-state index contributed by atoms with van der Waals surface area (Å²) in [5.41, 5.74) is 1.61. The Kier molecular flexibility index (Phi) is 6.37.